The number of rotatable bonds is 6. The molecule has 2 unspecified atom stereocenters. The molecule has 0 aliphatic rings. The van der Waals surface area contributed by atoms with Crippen molar-refractivity contribution in [1.82, 2.24) is 5.32 Å². The topological polar surface area (TPSA) is 25.2 Å². The number of hydrogen-bond donors (Lipinski definition) is 1. The molecule has 86 valence electrons. The van der Waals surface area contributed by atoms with Crippen molar-refractivity contribution in [2.24, 2.45) is 11.8 Å². The summed E-state index contributed by atoms with van der Waals surface area (Å²) in [5.74, 6) is 2.90. The molecule has 0 amide bonds. The van der Waals surface area contributed by atoms with Crippen LogP contribution in [0.15, 0.2) is 22.8 Å². The van der Waals surface area contributed by atoms with E-state index in [1.807, 2.05) is 6.07 Å². The summed E-state index contributed by atoms with van der Waals surface area (Å²) in [6.45, 7) is 11.1. The maximum Gasteiger partial charge on any atom is 0.106 e. The molecule has 0 saturated carbocycles. The molecule has 1 aromatic heterocycles. The molecule has 0 fully saturated rings. The van der Waals surface area contributed by atoms with Gasteiger partial charge in [0.25, 0.3) is 0 Å². The second kappa shape index (κ2) is 5.96. The van der Waals surface area contributed by atoms with Crippen LogP contribution in [0.1, 0.15) is 39.4 Å². The SMILES string of the molecule is CC(C)CNCC(C)C(C)c1ccco1. The number of furan rings is 1. The summed E-state index contributed by atoms with van der Waals surface area (Å²) in [4.78, 5) is 0. The molecule has 0 bridgehead atoms. The van der Waals surface area contributed by atoms with Crippen molar-refractivity contribution in [3.8, 4) is 0 Å². The summed E-state index contributed by atoms with van der Waals surface area (Å²) >= 11 is 0. The van der Waals surface area contributed by atoms with E-state index in [0.717, 1.165) is 24.8 Å². The van der Waals surface area contributed by atoms with E-state index in [2.05, 4.69) is 39.1 Å². The van der Waals surface area contributed by atoms with E-state index in [4.69, 9.17) is 4.42 Å². The predicted octanol–water partition coefficient (Wildman–Crippen LogP) is 3.26. The average molecular weight is 209 g/mol. The highest BCUT2D eigenvalue weighted by Gasteiger charge is 2.16. The zero-order chi connectivity index (χ0) is 11.3. The number of nitrogens with one attached hydrogen (secondary N) is 1. The quantitative estimate of drug-likeness (QED) is 0.778. The van der Waals surface area contributed by atoms with Gasteiger partial charge in [-0.15, -0.1) is 0 Å². The molecule has 0 aliphatic carbocycles. The van der Waals surface area contributed by atoms with Gasteiger partial charge in [0, 0.05) is 5.92 Å². The van der Waals surface area contributed by atoms with E-state index in [1.54, 1.807) is 6.26 Å². The van der Waals surface area contributed by atoms with Gasteiger partial charge < -0.3 is 9.73 Å². The third kappa shape index (κ3) is 4.08. The largest absolute Gasteiger partial charge is 0.469 e. The monoisotopic (exact) mass is 209 g/mol. The van der Waals surface area contributed by atoms with Crippen molar-refractivity contribution in [3.05, 3.63) is 24.2 Å². The summed E-state index contributed by atoms with van der Waals surface area (Å²) in [5.41, 5.74) is 0. The summed E-state index contributed by atoms with van der Waals surface area (Å²) in [5, 5.41) is 3.49. The lowest BCUT2D eigenvalue weighted by molar-refractivity contribution is 0.374. The van der Waals surface area contributed by atoms with Gasteiger partial charge in [0.1, 0.15) is 5.76 Å². The van der Waals surface area contributed by atoms with Crippen molar-refractivity contribution >= 4 is 0 Å². The van der Waals surface area contributed by atoms with Crippen LogP contribution in [-0.2, 0) is 0 Å². The Morgan fingerprint density at radius 2 is 1.93 bits per heavy atom. The third-order valence-electron chi connectivity index (χ3n) is 2.86. The fourth-order valence-corrected chi connectivity index (χ4v) is 1.61. The molecule has 0 aliphatic heterocycles. The Morgan fingerprint density at radius 3 is 2.47 bits per heavy atom. The summed E-state index contributed by atoms with van der Waals surface area (Å²) in [6.07, 6.45) is 1.75. The van der Waals surface area contributed by atoms with Crippen LogP contribution in [0.25, 0.3) is 0 Å². The lowest BCUT2D eigenvalue weighted by Gasteiger charge is -2.19. The lowest BCUT2D eigenvalue weighted by atomic mass is 9.93. The third-order valence-corrected chi connectivity index (χ3v) is 2.86. The van der Waals surface area contributed by atoms with Crippen molar-refractivity contribution in [2.45, 2.75) is 33.6 Å². The van der Waals surface area contributed by atoms with Crippen LogP contribution in [0.2, 0.25) is 0 Å². The van der Waals surface area contributed by atoms with Crippen molar-refractivity contribution in [3.63, 3.8) is 0 Å². The molecular weight excluding hydrogens is 186 g/mol. The molecule has 15 heavy (non-hydrogen) atoms. The fraction of sp³-hybridized carbons (Fsp3) is 0.692. The van der Waals surface area contributed by atoms with E-state index in [0.29, 0.717) is 11.8 Å². The van der Waals surface area contributed by atoms with Gasteiger partial charge >= 0.3 is 0 Å². The zero-order valence-electron chi connectivity index (χ0n) is 10.3. The van der Waals surface area contributed by atoms with Gasteiger partial charge in [-0.3, -0.25) is 0 Å². The van der Waals surface area contributed by atoms with Crippen LogP contribution >= 0.6 is 0 Å². The Morgan fingerprint density at radius 1 is 1.20 bits per heavy atom. The first kappa shape index (κ1) is 12.3. The molecule has 1 heterocycles. The zero-order valence-corrected chi connectivity index (χ0v) is 10.3. The first-order valence-corrected chi connectivity index (χ1v) is 5.85. The highest BCUT2D eigenvalue weighted by molar-refractivity contribution is 5.05. The molecule has 2 atom stereocenters. The van der Waals surface area contributed by atoms with Gasteiger partial charge in [0.15, 0.2) is 0 Å². The summed E-state index contributed by atoms with van der Waals surface area (Å²) in [7, 11) is 0. The van der Waals surface area contributed by atoms with Crippen molar-refractivity contribution < 1.29 is 4.42 Å². The predicted molar refractivity (Wildman–Crippen MR) is 64.0 cm³/mol. The molecular formula is C13H23NO. The van der Waals surface area contributed by atoms with Gasteiger partial charge in [-0.25, -0.2) is 0 Å². The van der Waals surface area contributed by atoms with Gasteiger partial charge in [-0.1, -0.05) is 27.7 Å². The summed E-state index contributed by atoms with van der Waals surface area (Å²) in [6, 6.07) is 4.02. The van der Waals surface area contributed by atoms with Gasteiger partial charge in [-0.2, -0.15) is 0 Å². The number of hydrogen-bond acceptors (Lipinski definition) is 2. The minimum absolute atomic E-state index is 0.486. The lowest BCUT2D eigenvalue weighted by Crippen LogP contribution is -2.27. The molecule has 0 saturated heterocycles. The van der Waals surface area contributed by atoms with Crippen LogP contribution < -0.4 is 5.32 Å². The van der Waals surface area contributed by atoms with Crippen LogP contribution in [0.4, 0.5) is 0 Å². The molecule has 0 spiro atoms. The minimum Gasteiger partial charge on any atom is -0.469 e. The van der Waals surface area contributed by atoms with E-state index in [1.165, 1.54) is 0 Å². The molecule has 0 radical (unpaired) electrons. The van der Waals surface area contributed by atoms with Crippen LogP contribution in [0.3, 0.4) is 0 Å². The van der Waals surface area contributed by atoms with E-state index >= 15 is 0 Å². The Labute approximate surface area is 93.1 Å². The Bertz CT molecular complexity index is 254. The second-order valence-corrected chi connectivity index (χ2v) is 4.83. The highest BCUT2D eigenvalue weighted by Crippen LogP contribution is 2.23. The van der Waals surface area contributed by atoms with Crippen LogP contribution in [0, 0.1) is 11.8 Å². The molecule has 2 nitrogen and oxygen atoms in total. The maximum atomic E-state index is 5.42. The van der Waals surface area contributed by atoms with Gasteiger partial charge in [-0.05, 0) is 37.1 Å². The first-order valence-electron chi connectivity index (χ1n) is 5.85. The van der Waals surface area contributed by atoms with E-state index < -0.39 is 0 Å². The Balaban J connectivity index is 2.31. The molecule has 0 aromatic carbocycles. The Kier molecular flexibility index (Phi) is 4.89. The van der Waals surface area contributed by atoms with Gasteiger partial charge in [0.05, 0.1) is 6.26 Å². The van der Waals surface area contributed by atoms with E-state index in [-0.39, 0.29) is 0 Å². The minimum atomic E-state index is 0.486. The van der Waals surface area contributed by atoms with Crippen LogP contribution in [-0.4, -0.2) is 13.1 Å². The second-order valence-electron chi connectivity index (χ2n) is 4.83. The molecule has 1 N–H and O–H groups in total. The normalized spacial score (nSPS) is 15.5. The first-order chi connectivity index (χ1) is 7.11. The molecule has 1 aromatic rings. The average Bonchev–Trinajstić information content (AvgIpc) is 2.68. The Hall–Kier alpha value is -0.760. The smallest absolute Gasteiger partial charge is 0.106 e. The standard InChI is InChI=1S/C13H23NO/c1-10(2)8-14-9-11(3)12(4)13-6-5-7-15-13/h5-7,10-12,14H,8-9H2,1-4H3. The summed E-state index contributed by atoms with van der Waals surface area (Å²) < 4.78 is 5.42. The van der Waals surface area contributed by atoms with Crippen molar-refractivity contribution in [2.75, 3.05) is 13.1 Å². The molecule has 1 rings (SSSR count). The van der Waals surface area contributed by atoms with Crippen molar-refractivity contribution in [1.29, 1.82) is 0 Å². The van der Waals surface area contributed by atoms with Gasteiger partial charge in [0.2, 0.25) is 0 Å². The van der Waals surface area contributed by atoms with Crippen LogP contribution in [0.5, 0.6) is 0 Å². The van der Waals surface area contributed by atoms with E-state index in [9.17, 15) is 0 Å². The fourth-order valence-electron chi connectivity index (χ4n) is 1.61. The molecule has 2 heteroatoms. The maximum absolute atomic E-state index is 5.42. The highest BCUT2D eigenvalue weighted by atomic mass is 16.3.